The van der Waals surface area contributed by atoms with E-state index < -0.39 is 40.4 Å². The molecule has 707 valence electrons. The average Bonchev–Trinajstić information content (AvgIpc) is 1.53. The van der Waals surface area contributed by atoms with Crippen LogP contribution in [0.25, 0.3) is 145 Å². The number of pyridine rings is 6. The molecule has 0 aliphatic carbocycles. The van der Waals surface area contributed by atoms with Crippen molar-refractivity contribution in [3.8, 4) is 123 Å². The Hall–Kier alpha value is -13.2. The number of benzene rings is 14. The average molecular weight is 2450 g/mol. The van der Waals surface area contributed by atoms with Crippen LogP contribution in [0.4, 0.5) is 0 Å². The third-order valence-electron chi connectivity index (χ3n) is 26.0. The summed E-state index contributed by atoms with van der Waals surface area (Å²) in [6.45, 7) is 29.7. The van der Waals surface area contributed by atoms with Crippen LogP contribution in [0.1, 0.15) is 6.92 Å². The number of hydrogen-bond acceptors (Lipinski definition) is 6. The summed E-state index contributed by atoms with van der Waals surface area (Å²) in [5.41, 5.74) is 27.8. The first-order valence-electron chi connectivity index (χ1n) is 47.8. The molecule has 2 aliphatic rings. The van der Waals surface area contributed by atoms with Gasteiger partial charge < -0.3 is 34.5 Å². The van der Waals surface area contributed by atoms with Crippen LogP contribution in [0.5, 0.6) is 0 Å². The molecule has 0 spiro atoms. The van der Waals surface area contributed by atoms with Crippen molar-refractivity contribution < 1.29 is 60.3 Å². The van der Waals surface area contributed by atoms with Crippen molar-refractivity contribution in [2.75, 3.05) is 0 Å². The van der Waals surface area contributed by atoms with E-state index >= 15 is 0 Å². The van der Waals surface area contributed by atoms with Gasteiger partial charge in [-0.1, -0.05) is 393 Å². The van der Waals surface area contributed by atoms with Crippen LogP contribution in [-0.2, 0) is 66.9 Å². The number of aryl methyl sites for hydroxylation is 1. The van der Waals surface area contributed by atoms with Gasteiger partial charge in [-0.25, -0.2) is 0 Å². The second kappa shape index (κ2) is 46.2. The summed E-state index contributed by atoms with van der Waals surface area (Å²) >= 11 is 0. The Kier molecular flexibility index (Phi) is 33.6. The van der Waals surface area contributed by atoms with E-state index in [2.05, 4.69) is 414 Å². The van der Waals surface area contributed by atoms with E-state index in [1.807, 2.05) is 146 Å². The van der Waals surface area contributed by atoms with E-state index in [9.17, 15) is 0 Å². The SMILES string of the molecule is CCn1c2c[c-]c(-c3ncc(-c4ccccc4)cc3[Si](C)(C)C)cc2c2ccccc21.C[Si](C)(C)c1cc(-c2ccccc2)cnc1-c1[c-]cc2c(c1)-c1ccccc1[Si]2(C)C.C[Si](C)(C)c1cc(-c2ccccc2)cnc1-c1[c-]cc2c(c1)-c1ccccc1[Si]2(c1ccccc1)c1ccccc1.[Ir].[Ir].[Ir].[c-]1ccccc1-c1ccccn1.[c-]1ccccc1-c1ccccn1.[c-]1ccccc1-c1ccccn1. The molecule has 15 heteroatoms. The molecule has 2 aliphatic heterocycles. The minimum atomic E-state index is -2.50. The van der Waals surface area contributed by atoms with Crippen molar-refractivity contribution in [3.05, 3.63) is 480 Å². The number of hydrogen-bond donors (Lipinski definition) is 0. The Morgan fingerprint density at radius 2 is 0.592 bits per heavy atom. The molecule has 0 fully saturated rings. The van der Waals surface area contributed by atoms with Gasteiger partial charge in [0.2, 0.25) is 0 Å². The molecule has 142 heavy (non-hydrogen) atoms. The van der Waals surface area contributed by atoms with Gasteiger partial charge >= 0.3 is 0 Å². The third kappa shape index (κ3) is 22.6. The van der Waals surface area contributed by atoms with E-state index in [4.69, 9.17) is 15.0 Å². The van der Waals surface area contributed by atoms with Gasteiger partial charge in [0.25, 0.3) is 0 Å². The summed E-state index contributed by atoms with van der Waals surface area (Å²) in [5, 5.41) is 15.4. The fourth-order valence-corrected chi connectivity index (χ4v) is 31.7. The van der Waals surface area contributed by atoms with Gasteiger partial charge in [-0.2, -0.15) is 0 Å². The zero-order chi connectivity index (χ0) is 96.1. The molecular weight excluding hydrogens is 2340 g/mol. The van der Waals surface area contributed by atoms with Gasteiger partial charge in [0.05, 0.1) is 32.3 Å². The molecule has 9 heterocycles. The van der Waals surface area contributed by atoms with Crippen LogP contribution in [0.15, 0.2) is 444 Å². The van der Waals surface area contributed by atoms with Crippen molar-refractivity contribution in [2.45, 2.75) is 85.5 Å². The molecule has 21 aromatic rings. The van der Waals surface area contributed by atoms with Crippen molar-refractivity contribution in [1.82, 2.24) is 34.5 Å². The number of fused-ring (bicyclic) bond motifs is 9. The Morgan fingerprint density at radius 1 is 0.261 bits per heavy atom. The zero-order valence-electron chi connectivity index (χ0n) is 82.0. The van der Waals surface area contributed by atoms with E-state index in [1.165, 1.54) is 124 Å². The van der Waals surface area contributed by atoms with E-state index in [0.717, 1.165) is 74.1 Å². The quantitative estimate of drug-likeness (QED) is 0.0751. The summed E-state index contributed by atoms with van der Waals surface area (Å²) in [5.74, 6) is 0. The Bertz CT molecular complexity index is 7450. The van der Waals surface area contributed by atoms with Gasteiger partial charge in [-0.05, 0) is 126 Å². The fourth-order valence-electron chi connectivity index (χ4n) is 19.1. The van der Waals surface area contributed by atoms with Crippen molar-refractivity contribution in [2.24, 2.45) is 0 Å². The number of nitrogens with zero attached hydrogens (tertiary/aromatic N) is 7. The molecule has 0 bridgehead atoms. The van der Waals surface area contributed by atoms with Crippen LogP contribution in [0.2, 0.25) is 72.0 Å². The smallest absolute Gasteiger partial charge is 0.136 e. The number of aromatic nitrogens is 7. The normalized spacial score (nSPS) is 12.1. The third-order valence-corrected chi connectivity index (χ3v) is 40.4. The van der Waals surface area contributed by atoms with Gasteiger partial charge in [-0.3, -0.25) is 0 Å². The van der Waals surface area contributed by atoms with E-state index in [1.54, 1.807) is 18.6 Å². The Morgan fingerprint density at radius 3 is 0.972 bits per heavy atom. The minimum absolute atomic E-state index is 0. The molecule has 14 aromatic carbocycles. The minimum Gasteiger partial charge on any atom is -0.381 e. The number of rotatable bonds is 15. The van der Waals surface area contributed by atoms with Crippen LogP contribution in [0.3, 0.4) is 0 Å². The predicted molar refractivity (Wildman–Crippen MR) is 600 cm³/mol. The van der Waals surface area contributed by atoms with E-state index in [0.29, 0.717) is 0 Å². The summed E-state index contributed by atoms with van der Waals surface area (Å²) < 4.78 is 2.37. The molecule has 0 saturated carbocycles. The standard InChI is InChI=1S/C38H32NSi2.C28H27N2Si.C28H28NSi2.3C11H8N.3Ir/c1-40(2,3)37-26-30(28-15-7-4-8-16-28)27-39-38(37)29-23-24-36-34(25-29)33-21-13-14-22-35(33)41(36,31-17-9-5-10-18-31)32-19-11-6-12-20-32;1-5-30-25-14-10-9-13-23(25)24-17-21(15-16-26(24)30)28-27(31(2,3)4)18-22(19-29-28)20-11-7-6-8-12-20;1-30(2,3)27-18-22(20-11-7-6-8-12-20)19-29-28(27)21-15-16-26-24(17-21)23-13-9-10-14-25(23)31(26,4)5;3*1-2-6-10(7-3-1)11-8-4-5-9-12-11;;;/h4-22,24-27H,1-3H3;6-14,16-19H,5H2,1-4H3;6-14,16-19H,1-5H3;3*1-6,8-9H;;;/q6*-1;;;. The maximum absolute atomic E-state index is 5.14. The van der Waals surface area contributed by atoms with Crippen molar-refractivity contribution in [3.63, 3.8) is 0 Å². The Balaban J connectivity index is 0.000000136. The molecule has 0 saturated heterocycles. The van der Waals surface area contributed by atoms with Gasteiger partial charge in [0, 0.05) is 110 Å². The maximum Gasteiger partial charge on any atom is 0.136 e. The molecule has 0 amide bonds. The molecule has 0 unspecified atom stereocenters. The topological polar surface area (TPSA) is 82.3 Å². The first kappa shape index (κ1) is 103. The molecule has 0 atom stereocenters. The van der Waals surface area contributed by atoms with Crippen LogP contribution in [-0.4, -0.2) is 74.8 Å². The maximum atomic E-state index is 5.14. The van der Waals surface area contributed by atoms with Crippen LogP contribution >= 0.6 is 0 Å². The number of para-hydroxylation sites is 1. The van der Waals surface area contributed by atoms with Crippen molar-refractivity contribution >= 4 is 109 Å². The van der Waals surface area contributed by atoms with Gasteiger partial charge in [0.1, 0.15) is 8.07 Å². The molecule has 7 nitrogen and oxygen atoms in total. The molecule has 23 rings (SSSR count). The molecule has 3 radical (unpaired) electrons. The van der Waals surface area contributed by atoms with Crippen LogP contribution in [0, 0.1) is 36.4 Å². The van der Waals surface area contributed by atoms with Crippen LogP contribution < -0.4 is 46.7 Å². The summed E-state index contributed by atoms with van der Waals surface area (Å²) in [4.78, 5) is 27.8. The van der Waals surface area contributed by atoms with Gasteiger partial charge in [0.15, 0.2) is 0 Å². The van der Waals surface area contributed by atoms with E-state index in [-0.39, 0.29) is 60.3 Å². The monoisotopic (exact) mass is 2450 g/mol. The first-order chi connectivity index (χ1) is 67.6. The summed E-state index contributed by atoms with van der Waals surface area (Å²) in [6.07, 6.45) is 11.4. The summed E-state index contributed by atoms with van der Waals surface area (Å²) in [6, 6.07) is 163. The molecule has 0 N–H and O–H groups in total. The fraction of sp³-hybridized carbons (Fsp3) is 0.102. The second-order valence-corrected chi connectivity index (χ2v) is 61.8. The van der Waals surface area contributed by atoms with Gasteiger partial charge in [-0.15, -0.1) is 189 Å². The van der Waals surface area contributed by atoms with Crippen molar-refractivity contribution in [1.29, 1.82) is 0 Å². The largest absolute Gasteiger partial charge is 0.381 e. The zero-order valence-corrected chi connectivity index (χ0v) is 94.2. The first-order valence-corrected chi connectivity index (χ1v) is 63.3. The molecule has 7 aromatic heterocycles. The summed E-state index contributed by atoms with van der Waals surface area (Å²) in [7, 11) is -9.14. The predicted octanol–water partition coefficient (Wildman–Crippen LogP) is 26.2. The molecular formula is C127H111Ir3N7Si5-6. The Labute approximate surface area is 884 Å². The second-order valence-electron chi connectivity index (χ2n) is 38.6.